The number of furan rings is 1. The van der Waals surface area contributed by atoms with Crippen LogP contribution in [0.25, 0.3) is 11.7 Å². The van der Waals surface area contributed by atoms with E-state index in [9.17, 15) is 9.59 Å². The van der Waals surface area contributed by atoms with Crippen molar-refractivity contribution in [1.82, 2.24) is 19.6 Å². The van der Waals surface area contributed by atoms with Crippen LogP contribution in [-0.2, 0) is 17.9 Å². The van der Waals surface area contributed by atoms with Crippen molar-refractivity contribution in [2.24, 2.45) is 0 Å². The topological polar surface area (TPSA) is 108 Å². The van der Waals surface area contributed by atoms with Crippen LogP contribution in [0.4, 0.5) is 5.82 Å². The summed E-state index contributed by atoms with van der Waals surface area (Å²) >= 11 is 6.18. The van der Waals surface area contributed by atoms with Crippen LogP contribution in [0.2, 0.25) is 5.02 Å². The van der Waals surface area contributed by atoms with Gasteiger partial charge in [-0.1, -0.05) is 29.8 Å². The van der Waals surface area contributed by atoms with E-state index < -0.39 is 11.7 Å². The molecule has 10 heteroatoms. The van der Waals surface area contributed by atoms with Gasteiger partial charge in [-0.15, -0.1) is 5.10 Å². The van der Waals surface area contributed by atoms with E-state index in [4.69, 9.17) is 20.4 Å². The molecule has 1 N–H and O–H groups in total. The van der Waals surface area contributed by atoms with Gasteiger partial charge in [0.2, 0.25) is 5.91 Å². The molecule has 0 atom stereocenters. The number of anilines is 1. The smallest absolute Gasteiger partial charge is 0.437 e. The van der Waals surface area contributed by atoms with Crippen molar-refractivity contribution in [2.45, 2.75) is 13.1 Å². The number of nitrogens with zero attached hydrogens (tertiary/aromatic N) is 4. The average molecular weight is 400 g/mol. The molecule has 142 valence electrons. The molecular weight excluding hydrogens is 386 g/mol. The lowest BCUT2D eigenvalue weighted by molar-refractivity contribution is -0.117. The molecule has 0 aliphatic heterocycles. The molecule has 0 spiro atoms. The molecule has 3 heterocycles. The number of hydrogen-bond acceptors (Lipinski definition) is 6. The van der Waals surface area contributed by atoms with Crippen LogP contribution >= 0.6 is 11.6 Å². The average Bonchev–Trinajstić information content (AvgIpc) is 3.40. The fourth-order valence-corrected chi connectivity index (χ4v) is 2.77. The van der Waals surface area contributed by atoms with Gasteiger partial charge in [0.15, 0.2) is 5.76 Å². The summed E-state index contributed by atoms with van der Waals surface area (Å²) in [5.74, 6) is -0.443. The first-order valence-corrected chi connectivity index (χ1v) is 8.65. The van der Waals surface area contributed by atoms with Crippen molar-refractivity contribution in [1.29, 1.82) is 0 Å². The van der Waals surface area contributed by atoms with Crippen molar-refractivity contribution in [3.05, 3.63) is 76.1 Å². The Morgan fingerprint density at radius 2 is 2.00 bits per heavy atom. The van der Waals surface area contributed by atoms with Crippen LogP contribution in [0, 0.1) is 0 Å². The Bertz CT molecular complexity index is 1160. The summed E-state index contributed by atoms with van der Waals surface area (Å²) in [5.41, 5.74) is 0.860. The van der Waals surface area contributed by atoms with Gasteiger partial charge in [-0.3, -0.25) is 4.79 Å². The standard InChI is InChI=1S/C18H14ClN5O4/c19-13-5-2-1-4-12(13)10-23-15(7-8-20-23)21-16(25)11-24-18(26)28-17(22-24)14-6-3-9-27-14/h1-9H,10-11H2,(H,21,25). The lowest BCUT2D eigenvalue weighted by Gasteiger charge is -2.10. The van der Waals surface area contributed by atoms with Gasteiger partial charge < -0.3 is 14.2 Å². The highest BCUT2D eigenvalue weighted by Gasteiger charge is 2.16. The molecule has 0 fully saturated rings. The Balaban J connectivity index is 1.46. The lowest BCUT2D eigenvalue weighted by Crippen LogP contribution is -2.26. The highest BCUT2D eigenvalue weighted by molar-refractivity contribution is 6.31. The quantitative estimate of drug-likeness (QED) is 0.534. The van der Waals surface area contributed by atoms with E-state index in [0.717, 1.165) is 10.2 Å². The second kappa shape index (κ2) is 7.57. The summed E-state index contributed by atoms with van der Waals surface area (Å²) in [6.45, 7) is 0.0646. The number of rotatable bonds is 6. The molecule has 1 aromatic carbocycles. The third-order valence-corrected chi connectivity index (χ3v) is 4.26. The van der Waals surface area contributed by atoms with Gasteiger partial charge in [0.1, 0.15) is 12.4 Å². The van der Waals surface area contributed by atoms with Crippen LogP contribution in [0.5, 0.6) is 0 Å². The van der Waals surface area contributed by atoms with E-state index in [-0.39, 0.29) is 12.4 Å². The molecule has 28 heavy (non-hydrogen) atoms. The van der Waals surface area contributed by atoms with E-state index in [2.05, 4.69) is 15.5 Å². The number of benzene rings is 1. The van der Waals surface area contributed by atoms with E-state index in [0.29, 0.717) is 23.1 Å². The van der Waals surface area contributed by atoms with Gasteiger partial charge in [-0.25, -0.2) is 9.48 Å². The Kier molecular flexibility index (Phi) is 4.81. The van der Waals surface area contributed by atoms with Crippen molar-refractivity contribution in [2.75, 3.05) is 5.32 Å². The van der Waals surface area contributed by atoms with Gasteiger partial charge in [-0.2, -0.15) is 9.78 Å². The van der Waals surface area contributed by atoms with E-state index in [1.54, 1.807) is 35.1 Å². The number of hydrogen-bond donors (Lipinski definition) is 1. The SMILES string of the molecule is O=C(Cn1nc(-c2ccco2)oc1=O)Nc1ccnn1Cc1ccccc1Cl. The molecule has 0 saturated carbocycles. The third kappa shape index (κ3) is 3.74. The van der Waals surface area contributed by atoms with Crippen LogP contribution < -0.4 is 11.1 Å². The van der Waals surface area contributed by atoms with Crippen LogP contribution in [-0.4, -0.2) is 25.5 Å². The molecule has 4 aromatic rings. The maximum absolute atomic E-state index is 12.4. The molecule has 0 saturated heterocycles. The van der Waals surface area contributed by atoms with Gasteiger partial charge >= 0.3 is 5.76 Å². The number of carbonyl (C=O) groups excluding carboxylic acids is 1. The molecule has 9 nitrogen and oxygen atoms in total. The minimum atomic E-state index is -0.758. The maximum Gasteiger partial charge on any atom is 0.437 e. The van der Waals surface area contributed by atoms with E-state index >= 15 is 0 Å². The zero-order valence-electron chi connectivity index (χ0n) is 14.4. The first-order valence-electron chi connectivity index (χ1n) is 8.27. The Hall–Kier alpha value is -3.59. The van der Waals surface area contributed by atoms with Gasteiger partial charge in [-0.05, 0) is 23.8 Å². The second-order valence-electron chi connectivity index (χ2n) is 5.82. The largest absolute Gasteiger partial charge is 0.459 e. The minimum Gasteiger partial charge on any atom is -0.459 e. The monoisotopic (exact) mass is 399 g/mol. The van der Waals surface area contributed by atoms with Gasteiger partial charge in [0, 0.05) is 11.1 Å². The lowest BCUT2D eigenvalue weighted by atomic mass is 10.2. The van der Waals surface area contributed by atoms with Gasteiger partial charge in [0.25, 0.3) is 5.89 Å². The summed E-state index contributed by atoms with van der Waals surface area (Å²) < 4.78 is 12.6. The summed E-state index contributed by atoms with van der Waals surface area (Å²) in [6, 6.07) is 12.3. The summed E-state index contributed by atoms with van der Waals surface area (Å²) in [7, 11) is 0. The molecule has 3 aromatic heterocycles. The summed E-state index contributed by atoms with van der Waals surface area (Å²) in [5, 5.41) is 11.5. The van der Waals surface area contributed by atoms with Crippen molar-refractivity contribution >= 4 is 23.3 Å². The highest BCUT2D eigenvalue weighted by Crippen LogP contribution is 2.18. The normalized spacial score (nSPS) is 10.9. The van der Waals surface area contributed by atoms with Crippen molar-refractivity contribution in [3.63, 3.8) is 0 Å². The molecular formula is C18H14ClN5O4. The molecule has 4 rings (SSSR count). The van der Waals surface area contributed by atoms with E-state index in [1.165, 1.54) is 6.26 Å². The molecule has 1 amide bonds. The Morgan fingerprint density at radius 1 is 1.14 bits per heavy atom. The molecule has 0 bridgehead atoms. The zero-order chi connectivity index (χ0) is 19.5. The third-order valence-electron chi connectivity index (χ3n) is 3.89. The van der Waals surface area contributed by atoms with Crippen LogP contribution in [0.15, 0.2) is 68.6 Å². The first kappa shape index (κ1) is 17.8. The minimum absolute atomic E-state index is 0.00608. The number of amides is 1. The van der Waals surface area contributed by atoms with Crippen molar-refractivity contribution in [3.8, 4) is 11.7 Å². The molecule has 0 aliphatic carbocycles. The number of carbonyl (C=O) groups is 1. The summed E-state index contributed by atoms with van der Waals surface area (Å²) in [6.07, 6.45) is 2.99. The van der Waals surface area contributed by atoms with E-state index in [1.807, 2.05) is 18.2 Å². The number of aromatic nitrogens is 4. The predicted molar refractivity (Wildman–Crippen MR) is 99.9 cm³/mol. The van der Waals surface area contributed by atoms with Crippen LogP contribution in [0.1, 0.15) is 5.56 Å². The zero-order valence-corrected chi connectivity index (χ0v) is 15.2. The van der Waals surface area contributed by atoms with Gasteiger partial charge in [0.05, 0.1) is 19.0 Å². The number of nitrogens with one attached hydrogen (secondary N) is 1. The Labute approximate surface area is 163 Å². The van der Waals surface area contributed by atoms with Crippen molar-refractivity contribution < 1.29 is 13.6 Å². The molecule has 0 unspecified atom stereocenters. The first-order chi connectivity index (χ1) is 13.6. The second-order valence-corrected chi connectivity index (χ2v) is 6.23. The maximum atomic E-state index is 12.4. The summed E-state index contributed by atoms with van der Waals surface area (Å²) in [4.78, 5) is 24.3. The fraction of sp³-hybridized carbons (Fsp3) is 0.111. The fourth-order valence-electron chi connectivity index (χ4n) is 2.58. The number of halogens is 1. The Morgan fingerprint density at radius 3 is 2.79 bits per heavy atom. The van der Waals surface area contributed by atoms with Crippen LogP contribution in [0.3, 0.4) is 0 Å². The predicted octanol–water partition coefficient (Wildman–Crippen LogP) is 2.63. The molecule has 0 aliphatic rings. The highest BCUT2D eigenvalue weighted by atomic mass is 35.5. The molecule has 0 radical (unpaired) electrons.